The zero-order valence-electron chi connectivity index (χ0n) is 17.5. The van der Waals surface area contributed by atoms with Gasteiger partial charge < -0.3 is 20.9 Å². The average molecular weight is 456 g/mol. The van der Waals surface area contributed by atoms with E-state index in [1.165, 1.54) is 12.3 Å². The molecule has 0 bridgehead atoms. The van der Waals surface area contributed by atoms with Gasteiger partial charge in [-0.05, 0) is 30.7 Å². The van der Waals surface area contributed by atoms with Gasteiger partial charge in [0.1, 0.15) is 18.3 Å². The first-order valence-electron chi connectivity index (χ1n) is 10.1. The number of aromatic nitrogens is 3. The Hall–Kier alpha value is -3.18. The molecular weight excluding hydrogens is 432 g/mol. The second-order valence-electron chi connectivity index (χ2n) is 8.04. The van der Waals surface area contributed by atoms with E-state index in [1.54, 1.807) is 19.2 Å². The van der Waals surface area contributed by atoms with E-state index in [2.05, 4.69) is 25.6 Å². The highest BCUT2D eigenvalue weighted by atomic mass is 19.4. The van der Waals surface area contributed by atoms with Gasteiger partial charge in [-0.25, -0.2) is 14.4 Å². The minimum absolute atomic E-state index is 0.0737. The number of carbonyl (C=O) groups excluding carboxylic acids is 2. The van der Waals surface area contributed by atoms with Crippen LogP contribution >= 0.6 is 0 Å². The van der Waals surface area contributed by atoms with Crippen molar-refractivity contribution in [2.75, 3.05) is 18.4 Å². The number of rotatable bonds is 9. The lowest BCUT2D eigenvalue weighted by Crippen LogP contribution is -2.46. The maximum atomic E-state index is 14.3. The molecule has 4 N–H and O–H groups in total. The number of nitrogens with one attached hydrogen (secondary N) is 4. The van der Waals surface area contributed by atoms with Crippen molar-refractivity contribution in [3.8, 4) is 11.4 Å². The van der Waals surface area contributed by atoms with E-state index in [0.717, 1.165) is 19.0 Å². The molecule has 1 atom stereocenters. The van der Waals surface area contributed by atoms with Gasteiger partial charge in [0.05, 0.1) is 6.20 Å². The van der Waals surface area contributed by atoms with Gasteiger partial charge in [-0.3, -0.25) is 9.59 Å². The van der Waals surface area contributed by atoms with E-state index in [1.807, 2.05) is 0 Å². The number of alkyl halides is 3. The van der Waals surface area contributed by atoms with Crippen molar-refractivity contribution in [3.05, 3.63) is 30.0 Å². The normalized spacial score (nSPS) is 14.8. The Morgan fingerprint density at radius 1 is 1.25 bits per heavy atom. The zero-order valence-corrected chi connectivity index (χ0v) is 17.5. The van der Waals surface area contributed by atoms with E-state index in [0.29, 0.717) is 18.0 Å². The van der Waals surface area contributed by atoms with E-state index < -0.39 is 36.4 Å². The van der Waals surface area contributed by atoms with Crippen molar-refractivity contribution in [2.24, 2.45) is 11.8 Å². The minimum Gasteiger partial charge on any atom is -0.356 e. The number of anilines is 1. The summed E-state index contributed by atoms with van der Waals surface area (Å²) in [7, 11) is 0. The molecule has 1 aliphatic carbocycles. The lowest BCUT2D eigenvalue weighted by Gasteiger charge is -2.23. The van der Waals surface area contributed by atoms with E-state index in [-0.39, 0.29) is 23.2 Å². The summed E-state index contributed by atoms with van der Waals surface area (Å²) < 4.78 is 51.5. The molecule has 1 aliphatic rings. The van der Waals surface area contributed by atoms with Crippen LogP contribution in [0.15, 0.2) is 18.5 Å². The summed E-state index contributed by atoms with van der Waals surface area (Å²) in [6, 6.07) is 0.347. The summed E-state index contributed by atoms with van der Waals surface area (Å²) >= 11 is 0. The summed E-state index contributed by atoms with van der Waals surface area (Å²) in [5.41, 5.74) is 0.696. The van der Waals surface area contributed by atoms with Crippen LogP contribution in [0.1, 0.15) is 37.2 Å². The third-order valence-electron chi connectivity index (χ3n) is 4.88. The minimum atomic E-state index is -4.57. The van der Waals surface area contributed by atoms with Crippen molar-refractivity contribution in [1.29, 1.82) is 0 Å². The highest BCUT2D eigenvalue weighted by Crippen LogP contribution is 2.27. The van der Waals surface area contributed by atoms with E-state index >= 15 is 0 Å². The van der Waals surface area contributed by atoms with Gasteiger partial charge in [-0.15, -0.1) is 0 Å². The molecule has 0 unspecified atom stereocenters. The fraction of sp³-hybridized carbons (Fsp3) is 0.500. The van der Waals surface area contributed by atoms with Crippen molar-refractivity contribution in [3.63, 3.8) is 0 Å². The largest absolute Gasteiger partial charge is 0.405 e. The van der Waals surface area contributed by atoms with E-state index in [4.69, 9.17) is 0 Å². The highest BCUT2D eigenvalue weighted by Gasteiger charge is 2.31. The standard InChI is InChI=1S/C20H24F4N6O2/c1-10(2)15(19(32)28-9-20(22,23)24)29-17-13(21)8-26-16(30-17)12-5-14(25-7-12)18(31)27-6-11-3-4-11/h5,7-8,10-11,15,25H,3-4,6,9H2,1-2H3,(H,27,31)(H,28,32)(H,26,29,30)/t15-/m1/s1. The Morgan fingerprint density at radius 3 is 2.59 bits per heavy atom. The van der Waals surface area contributed by atoms with Crippen LogP contribution in [0.5, 0.6) is 0 Å². The third-order valence-corrected chi connectivity index (χ3v) is 4.88. The fourth-order valence-electron chi connectivity index (χ4n) is 2.90. The first-order valence-corrected chi connectivity index (χ1v) is 10.1. The molecule has 2 heterocycles. The maximum Gasteiger partial charge on any atom is 0.405 e. The summed E-state index contributed by atoms with van der Waals surface area (Å²) in [6.07, 6.45) is -0.00188. The number of hydrogen-bond donors (Lipinski definition) is 4. The topological polar surface area (TPSA) is 112 Å². The van der Waals surface area contributed by atoms with Gasteiger partial charge in [0, 0.05) is 18.3 Å². The predicted octanol–water partition coefficient (Wildman–Crippen LogP) is 2.87. The molecule has 8 nitrogen and oxygen atoms in total. The summed E-state index contributed by atoms with van der Waals surface area (Å²) in [4.78, 5) is 35.2. The van der Waals surface area contributed by atoms with Crippen LogP contribution in [0.4, 0.5) is 23.4 Å². The molecule has 12 heteroatoms. The summed E-state index contributed by atoms with van der Waals surface area (Å²) in [5, 5.41) is 7.17. The Labute approximate surface area is 181 Å². The number of halogens is 4. The number of hydrogen-bond acceptors (Lipinski definition) is 5. The molecule has 1 saturated carbocycles. The first kappa shape index (κ1) is 23.5. The molecule has 0 aromatic carbocycles. The van der Waals surface area contributed by atoms with Gasteiger partial charge in [0.2, 0.25) is 5.91 Å². The zero-order chi connectivity index (χ0) is 23.5. The van der Waals surface area contributed by atoms with Gasteiger partial charge >= 0.3 is 6.18 Å². The Kier molecular flexibility index (Phi) is 6.99. The van der Waals surface area contributed by atoms with Crippen LogP contribution in [0.2, 0.25) is 0 Å². The number of aromatic amines is 1. The lowest BCUT2D eigenvalue weighted by atomic mass is 10.0. The Morgan fingerprint density at radius 2 is 1.97 bits per heavy atom. The van der Waals surface area contributed by atoms with Crippen LogP contribution < -0.4 is 16.0 Å². The molecule has 3 rings (SSSR count). The second kappa shape index (κ2) is 9.53. The van der Waals surface area contributed by atoms with Gasteiger partial charge in [-0.1, -0.05) is 13.8 Å². The van der Waals surface area contributed by atoms with Crippen molar-refractivity contribution in [2.45, 2.75) is 38.9 Å². The predicted molar refractivity (Wildman–Crippen MR) is 108 cm³/mol. The number of carbonyl (C=O) groups is 2. The third kappa shape index (κ3) is 6.41. The number of nitrogens with zero attached hydrogens (tertiary/aromatic N) is 2. The molecule has 1 fully saturated rings. The molecule has 0 aliphatic heterocycles. The van der Waals surface area contributed by atoms with Crippen LogP contribution in [0, 0.1) is 17.7 Å². The molecule has 2 amide bonds. The molecule has 32 heavy (non-hydrogen) atoms. The van der Waals surface area contributed by atoms with E-state index in [9.17, 15) is 27.2 Å². The van der Waals surface area contributed by atoms with Crippen LogP contribution in [0.3, 0.4) is 0 Å². The second-order valence-corrected chi connectivity index (χ2v) is 8.04. The lowest BCUT2D eigenvalue weighted by molar-refractivity contribution is -0.139. The fourth-order valence-corrected chi connectivity index (χ4v) is 2.90. The highest BCUT2D eigenvalue weighted by molar-refractivity contribution is 5.93. The molecular formula is C20H24F4N6O2. The van der Waals surface area contributed by atoms with Gasteiger partial charge in [0.15, 0.2) is 17.5 Å². The maximum absolute atomic E-state index is 14.3. The van der Waals surface area contributed by atoms with Crippen molar-refractivity contribution in [1.82, 2.24) is 25.6 Å². The molecule has 0 radical (unpaired) electrons. The monoisotopic (exact) mass is 456 g/mol. The smallest absolute Gasteiger partial charge is 0.356 e. The molecule has 0 saturated heterocycles. The van der Waals surface area contributed by atoms with Gasteiger partial charge in [0.25, 0.3) is 5.91 Å². The van der Waals surface area contributed by atoms with Gasteiger partial charge in [-0.2, -0.15) is 13.2 Å². The van der Waals surface area contributed by atoms with Crippen LogP contribution in [-0.2, 0) is 4.79 Å². The first-order chi connectivity index (χ1) is 15.0. The molecule has 174 valence electrons. The molecule has 0 spiro atoms. The Balaban J connectivity index is 1.73. The SMILES string of the molecule is CC(C)[C@@H](Nc1nc(-c2c[nH]c(C(=O)NCC3CC3)c2)ncc1F)C(=O)NCC(F)(F)F. The summed E-state index contributed by atoms with van der Waals surface area (Å²) in [6.45, 7) is 2.30. The molecule has 2 aromatic heterocycles. The quantitative estimate of drug-likeness (QED) is 0.434. The van der Waals surface area contributed by atoms with Crippen molar-refractivity contribution < 1.29 is 27.2 Å². The van der Waals surface area contributed by atoms with Crippen LogP contribution in [-0.4, -0.2) is 52.1 Å². The number of H-pyrrole nitrogens is 1. The summed E-state index contributed by atoms with van der Waals surface area (Å²) in [5.74, 6) is -2.31. The average Bonchev–Trinajstić information content (AvgIpc) is 3.42. The van der Waals surface area contributed by atoms with Crippen molar-refractivity contribution >= 4 is 17.6 Å². The molecule has 2 aromatic rings. The number of amides is 2. The van der Waals surface area contributed by atoms with Crippen LogP contribution in [0.25, 0.3) is 11.4 Å². The Bertz CT molecular complexity index is 971.